The monoisotopic (exact) mass is 269 g/mol. The molecule has 4 heteroatoms. The van der Waals surface area contributed by atoms with Gasteiger partial charge in [0.1, 0.15) is 0 Å². The van der Waals surface area contributed by atoms with Crippen LogP contribution in [-0.4, -0.2) is 43.1 Å². The summed E-state index contributed by atoms with van der Waals surface area (Å²) < 4.78 is 0. The van der Waals surface area contributed by atoms with Crippen LogP contribution >= 0.6 is 11.3 Å². The molecule has 18 heavy (non-hydrogen) atoms. The summed E-state index contributed by atoms with van der Waals surface area (Å²) >= 11 is 1.85. The van der Waals surface area contributed by atoms with Gasteiger partial charge in [-0.05, 0) is 53.9 Å². The van der Waals surface area contributed by atoms with Gasteiger partial charge in [-0.25, -0.2) is 4.98 Å². The minimum atomic E-state index is 0.553. The molecule has 0 radical (unpaired) electrons. The van der Waals surface area contributed by atoms with Gasteiger partial charge in [-0.3, -0.25) is 0 Å². The standard InChI is InChI=1S/C14H27N3S/c1-6-8-15-13(7-9-17(4)5)10-14-16-11(2)12(3)18-14/h13,15H,6-10H2,1-5H3. The van der Waals surface area contributed by atoms with Crippen molar-refractivity contribution >= 4 is 11.3 Å². The Labute approximate surface area is 116 Å². The van der Waals surface area contributed by atoms with Gasteiger partial charge in [0.05, 0.1) is 10.7 Å². The van der Waals surface area contributed by atoms with Crippen molar-refractivity contribution in [1.82, 2.24) is 15.2 Å². The molecule has 1 aromatic heterocycles. The minimum absolute atomic E-state index is 0.553. The Kier molecular flexibility index (Phi) is 6.82. The number of hydrogen-bond acceptors (Lipinski definition) is 4. The number of aromatic nitrogens is 1. The first kappa shape index (κ1) is 15.6. The minimum Gasteiger partial charge on any atom is -0.314 e. The van der Waals surface area contributed by atoms with E-state index in [0.29, 0.717) is 6.04 Å². The van der Waals surface area contributed by atoms with Gasteiger partial charge in [-0.2, -0.15) is 0 Å². The molecule has 0 aromatic carbocycles. The van der Waals surface area contributed by atoms with Crippen LogP contribution in [0, 0.1) is 13.8 Å². The van der Waals surface area contributed by atoms with E-state index in [1.54, 1.807) is 0 Å². The van der Waals surface area contributed by atoms with Crippen LogP contribution in [0.4, 0.5) is 0 Å². The molecule has 0 saturated heterocycles. The van der Waals surface area contributed by atoms with Crippen LogP contribution in [-0.2, 0) is 6.42 Å². The number of nitrogens with one attached hydrogen (secondary N) is 1. The average Bonchev–Trinajstić information content (AvgIpc) is 2.61. The van der Waals surface area contributed by atoms with Gasteiger partial charge in [0, 0.05) is 17.3 Å². The van der Waals surface area contributed by atoms with Crippen molar-refractivity contribution < 1.29 is 0 Å². The van der Waals surface area contributed by atoms with Crippen molar-refractivity contribution in [2.75, 3.05) is 27.2 Å². The van der Waals surface area contributed by atoms with Crippen LogP contribution in [0.25, 0.3) is 0 Å². The lowest BCUT2D eigenvalue weighted by atomic mass is 10.1. The Morgan fingerprint density at radius 3 is 2.56 bits per heavy atom. The predicted octanol–water partition coefficient (Wildman–Crippen LogP) is 2.62. The maximum atomic E-state index is 4.65. The first-order valence-electron chi connectivity index (χ1n) is 6.84. The Balaban J connectivity index is 2.53. The second-order valence-electron chi connectivity index (χ2n) is 5.20. The molecule has 1 N–H and O–H groups in total. The van der Waals surface area contributed by atoms with Crippen LogP contribution in [0.1, 0.15) is 35.3 Å². The van der Waals surface area contributed by atoms with E-state index < -0.39 is 0 Å². The van der Waals surface area contributed by atoms with E-state index in [0.717, 1.165) is 19.5 Å². The summed E-state index contributed by atoms with van der Waals surface area (Å²) in [7, 11) is 4.27. The highest BCUT2D eigenvalue weighted by atomic mass is 32.1. The van der Waals surface area contributed by atoms with Crippen LogP contribution in [0.15, 0.2) is 0 Å². The highest BCUT2D eigenvalue weighted by Gasteiger charge is 2.12. The number of thiazole rings is 1. The fourth-order valence-electron chi connectivity index (χ4n) is 1.88. The Morgan fingerprint density at radius 1 is 1.33 bits per heavy atom. The number of nitrogens with zero attached hydrogens (tertiary/aromatic N) is 2. The lowest BCUT2D eigenvalue weighted by Crippen LogP contribution is -2.34. The van der Waals surface area contributed by atoms with Crippen LogP contribution in [0.5, 0.6) is 0 Å². The zero-order valence-corrected chi connectivity index (χ0v) is 13.2. The summed E-state index contributed by atoms with van der Waals surface area (Å²) in [5.74, 6) is 0. The fraction of sp³-hybridized carbons (Fsp3) is 0.786. The Bertz CT molecular complexity index is 327. The molecular formula is C14H27N3S. The van der Waals surface area contributed by atoms with Gasteiger partial charge >= 0.3 is 0 Å². The highest BCUT2D eigenvalue weighted by molar-refractivity contribution is 7.11. The molecule has 0 aliphatic heterocycles. The van der Waals surface area contributed by atoms with Gasteiger partial charge in [-0.15, -0.1) is 11.3 Å². The van der Waals surface area contributed by atoms with Crippen molar-refractivity contribution in [2.24, 2.45) is 0 Å². The van der Waals surface area contributed by atoms with Crippen LogP contribution in [0.2, 0.25) is 0 Å². The van der Waals surface area contributed by atoms with Crippen molar-refractivity contribution in [3.63, 3.8) is 0 Å². The van der Waals surface area contributed by atoms with Gasteiger partial charge in [-0.1, -0.05) is 6.92 Å². The van der Waals surface area contributed by atoms with Crippen molar-refractivity contribution in [1.29, 1.82) is 0 Å². The molecule has 0 fully saturated rings. The number of rotatable bonds is 8. The van der Waals surface area contributed by atoms with E-state index in [1.807, 2.05) is 11.3 Å². The molecular weight excluding hydrogens is 242 g/mol. The molecule has 0 saturated carbocycles. The molecule has 0 bridgehead atoms. The van der Waals surface area contributed by atoms with E-state index in [4.69, 9.17) is 0 Å². The normalized spacial score (nSPS) is 13.2. The van der Waals surface area contributed by atoms with Gasteiger partial charge < -0.3 is 10.2 Å². The first-order valence-corrected chi connectivity index (χ1v) is 7.65. The molecule has 0 aliphatic rings. The Hall–Kier alpha value is -0.450. The zero-order chi connectivity index (χ0) is 13.5. The SMILES string of the molecule is CCCNC(CCN(C)C)Cc1nc(C)c(C)s1. The summed E-state index contributed by atoms with van der Waals surface area (Å²) in [6.07, 6.45) is 3.44. The summed E-state index contributed by atoms with van der Waals surface area (Å²) in [6.45, 7) is 8.70. The summed E-state index contributed by atoms with van der Waals surface area (Å²) in [6, 6.07) is 0.553. The molecule has 1 heterocycles. The van der Waals surface area contributed by atoms with E-state index in [1.165, 1.54) is 28.4 Å². The van der Waals surface area contributed by atoms with E-state index in [-0.39, 0.29) is 0 Å². The van der Waals surface area contributed by atoms with Crippen molar-refractivity contribution in [3.05, 3.63) is 15.6 Å². The predicted molar refractivity (Wildman–Crippen MR) is 80.5 cm³/mol. The maximum Gasteiger partial charge on any atom is 0.0946 e. The molecule has 1 rings (SSSR count). The molecule has 0 spiro atoms. The van der Waals surface area contributed by atoms with Crippen LogP contribution < -0.4 is 5.32 Å². The maximum absolute atomic E-state index is 4.65. The lowest BCUT2D eigenvalue weighted by Gasteiger charge is -2.19. The van der Waals surface area contributed by atoms with Crippen molar-refractivity contribution in [2.45, 2.75) is 46.1 Å². The summed E-state index contributed by atoms with van der Waals surface area (Å²) in [5.41, 5.74) is 1.19. The molecule has 1 aromatic rings. The third kappa shape index (κ3) is 5.46. The second kappa shape index (κ2) is 7.87. The quantitative estimate of drug-likeness (QED) is 0.786. The first-order chi connectivity index (χ1) is 8.52. The fourth-order valence-corrected chi connectivity index (χ4v) is 2.89. The number of hydrogen-bond donors (Lipinski definition) is 1. The summed E-state index contributed by atoms with van der Waals surface area (Å²) in [4.78, 5) is 8.25. The molecule has 0 amide bonds. The summed E-state index contributed by atoms with van der Waals surface area (Å²) in [5, 5.41) is 4.92. The molecule has 0 aliphatic carbocycles. The van der Waals surface area contributed by atoms with E-state index >= 15 is 0 Å². The number of aryl methyl sites for hydroxylation is 2. The third-order valence-corrected chi connectivity index (χ3v) is 4.20. The molecule has 1 atom stereocenters. The van der Waals surface area contributed by atoms with E-state index in [9.17, 15) is 0 Å². The van der Waals surface area contributed by atoms with Crippen molar-refractivity contribution in [3.8, 4) is 0 Å². The topological polar surface area (TPSA) is 28.2 Å². The third-order valence-electron chi connectivity index (χ3n) is 3.10. The zero-order valence-electron chi connectivity index (χ0n) is 12.4. The molecule has 1 unspecified atom stereocenters. The largest absolute Gasteiger partial charge is 0.314 e. The molecule has 104 valence electrons. The van der Waals surface area contributed by atoms with E-state index in [2.05, 4.69) is 50.1 Å². The highest BCUT2D eigenvalue weighted by Crippen LogP contribution is 2.18. The molecule has 3 nitrogen and oxygen atoms in total. The van der Waals surface area contributed by atoms with Crippen LogP contribution in [0.3, 0.4) is 0 Å². The lowest BCUT2D eigenvalue weighted by molar-refractivity contribution is 0.356. The van der Waals surface area contributed by atoms with Gasteiger partial charge in [0.25, 0.3) is 0 Å². The Morgan fingerprint density at radius 2 is 2.06 bits per heavy atom. The van der Waals surface area contributed by atoms with Gasteiger partial charge in [0.2, 0.25) is 0 Å². The van der Waals surface area contributed by atoms with Gasteiger partial charge in [0.15, 0.2) is 0 Å². The average molecular weight is 269 g/mol. The second-order valence-corrected chi connectivity index (χ2v) is 6.48. The smallest absolute Gasteiger partial charge is 0.0946 e.